The molecule has 3 unspecified atom stereocenters. The number of rotatable bonds is 10. The molecule has 0 aromatic carbocycles. The molecule has 2 heterocycles. The lowest BCUT2D eigenvalue weighted by Crippen LogP contribution is -2.53. The van der Waals surface area contributed by atoms with Crippen LogP contribution in [0.1, 0.15) is 31.7 Å². The van der Waals surface area contributed by atoms with Crippen LogP contribution in [-0.2, 0) is 9.47 Å². The maximum atomic E-state index is 15.0. The van der Waals surface area contributed by atoms with Gasteiger partial charge in [0.15, 0.2) is 17.6 Å². The summed E-state index contributed by atoms with van der Waals surface area (Å²) < 4.78 is 51.8. The van der Waals surface area contributed by atoms with Crippen molar-refractivity contribution >= 4 is 17.9 Å². The van der Waals surface area contributed by atoms with E-state index in [0.717, 1.165) is 0 Å². The van der Waals surface area contributed by atoms with Gasteiger partial charge in [-0.3, -0.25) is 10.7 Å². The Bertz CT molecular complexity index is 733. The number of carbonyl (C=O) groups excluding carboxylic acids is 1. The highest BCUT2D eigenvalue weighted by Crippen LogP contribution is 2.31. The van der Waals surface area contributed by atoms with Crippen LogP contribution < -0.4 is 16.0 Å². The third-order valence-corrected chi connectivity index (χ3v) is 5.06. The van der Waals surface area contributed by atoms with Crippen molar-refractivity contribution < 1.29 is 27.4 Å². The topological polar surface area (TPSA) is 114 Å². The molecule has 0 saturated carbocycles. The quantitative estimate of drug-likeness (QED) is 0.387. The number of ether oxygens (including phenoxy) is 2. The molecular formula is C19H28F3N5O3. The lowest BCUT2D eigenvalue weighted by molar-refractivity contribution is 0.0262. The van der Waals surface area contributed by atoms with Gasteiger partial charge in [0.05, 0.1) is 19.3 Å². The van der Waals surface area contributed by atoms with Crippen molar-refractivity contribution in [2.75, 3.05) is 37.9 Å². The largest absolute Gasteiger partial charge is 0.449 e. The van der Waals surface area contributed by atoms with Crippen LogP contribution in [0.25, 0.3) is 0 Å². The number of alkyl carbamates (subject to hydrolysis) is 1. The summed E-state index contributed by atoms with van der Waals surface area (Å²) in [6.07, 6.45) is -0.667. The molecule has 0 bridgehead atoms. The first-order chi connectivity index (χ1) is 14.3. The molecule has 2 rings (SSSR count). The molecular weight excluding hydrogens is 403 g/mol. The van der Waals surface area contributed by atoms with Gasteiger partial charge in [-0.2, -0.15) is 0 Å². The minimum Gasteiger partial charge on any atom is -0.449 e. The van der Waals surface area contributed by atoms with Gasteiger partial charge < -0.3 is 20.1 Å². The van der Waals surface area contributed by atoms with E-state index >= 15 is 4.39 Å². The zero-order valence-corrected chi connectivity index (χ0v) is 17.0. The van der Waals surface area contributed by atoms with Gasteiger partial charge in [0.1, 0.15) is 12.8 Å². The lowest BCUT2D eigenvalue weighted by atomic mass is 9.88. The predicted octanol–water partition coefficient (Wildman–Crippen LogP) is 2.48. The average molecular weight is 431 g/mol. The highest BCUT2D eigenvalue weighted by atomic mass is 19.1. The van der Waals surface area contributed by atoms with Gasteiger partial charge in [-0.1, -0.05) is 13.8 Å². The normalized spacial score (nSPS) is 17.0. The Kier molecular flexibility index (Phi) is 8.70. The number of alkyl halides is 2. The number of nitrogens with one attached hydrogen (secondary N) is 2. The van der Waals surface area contributed by atoms with Gasteiger partial charge in [0.2, 0.25) is 0 Å². The molecule has 1 aliphatic rings. The summed E-state index contributed by atoms with van der Waals surface area (Å²) in [5.74, 6) is -2.28. The summed E-state index contributed by atoms with van der Waals surface area (Å²) in [6, 6.07) is 1.26. The third-order valence-electron chi connectivity index (χ3n) is 5.06. The van der Waals surface area contributed by atoms with Crippen molar-refractivity contribution in [3.05, 3.63) is 23.6 Å². The van der Waals surface area contributed by atoms with Crippen LogP contribution in [0.5, 0.6) is 0 Å². The van der Waals surface area contributed by atoms with Crippen molar-refractivity contribution in [2.24, 2.45) is 11.7 Å². The lowest BCUT2D eigenvalue weighted by Gasteiger charge is -2.39. The summed E-state index contributed by atoms with van der Waals surface area (Å²) in [7, 11) is 0. The van der Waals surface area contributed by atoms with Crippen LogP contribution in [0, 0.1) is 17.1 Å². The van der Waals surface area contributed by atoms with Crippen LogP contribution in [0.4, 0.5) is 23.8 Å². The van der Waals surface area contributed by atoms with E-state index in [0.29, 0.717) is 25.1 Å². The van der Waals surface area contributed by atoms with E-state index in [9.17, 15) is 13.6 Å². The van der Waals surface area contributed by atoms with Gasteiger partial charge in [-0.15, -0.1) is 0 Å². The van der Waals surface area contributed by atoms with Gasteiger partial charge in [0, 0.05) is 31.1 Å². The molecule has 1 aromatic heterocycles. The SMILES string of the molecule is CCC(COC(=O)NC(=N)N)C(F)C(C)c1cnc(N2CC(OCCF)C2)c(F)c1. The number of halogens is 3. The molecule has 168 valence electrons. The molecule has 1 saturated heterocycles. The van der Waals surface area contributed by atoms with E-state index in [1.54, 1.807) is 18.7 Å². The molecule has 4 N–H and O–H groups in total. The number of nitrogens with zero attached hydrogens (tertiary/aromatic N) is 2. The average Bonchev–Trinajstić information content (AvgIpc) is 2.66. The number of pyridine rings is 1. The number of carbonyl (C=O) groups is 1. The fourth-order valence-corrected chi connectivity index (χ4v) is 3.21. The first-order valence-electron chi connectivity index (χ1n) is 9.76. The van der Waals surface area contributed by atoms with E-state index < -0.39 is 42.6 Å². The number of hydrogen-bond acceptors (Lipinski definition) is 6. The summed E-state index contributed by atoms with van der Waals surface area (Å²) in [5.41, 5.74) is 5.43. The summed E-state index contributed by atoms with van der Waals surface area (Å²) >= 11 is 0. The molecule has 0 spiro atoms. The smallest absolute Gasteiger partial charge is 0.413 e. The Morgan fingerprint density at radius 3 is 2.77 bits per heavy atom. The molecule has 1 amide bonds. The molecule has 1 aromatic rings. The molecule has 0 aliphatic carbocycles. The highest BCUT2D eigenvalue weighted by molar-refractivity contribution is 5.90. The molecule has 0 radical (unpaired) electrons. The fourth-order valence-electron chi connectivity index (χ4n) is 3.21. The van der Waals surface area contributed by atoms with Crippen LogP contribution >= 0.6 is 0 Å². The summed E-state index contributed by atoms with van der Waals surface area (Å²) in [6.45, 7) is 3.45. The van der Waals surface area contributed by atoms with Crippen LogP contribution in [0.15, 0.2) is 12.3 Å². The second-order valence-corrected chi connectivity index (χ2v) is 7.20. The van der Waals surface area contributed by atoms with Crippen molar-refractivity contribution in [3.8, 4) is 0 Å². The first kappa shape index (κ1) is 23.7. The molecule has 11 heteroatoms. The number of nitrogens with two attached hydrogens (primary N) is 1. The maximum Gasteiger partial charge on any atom is 0.413 e. The number of anilines is 1. The Morgan fingerprint density at radius 2 is 2.20 bits per heavy atom. The second kappa shape index (κ2) is 11.0. The maximum absolute atomic E-state index is 15.0. The van der Waals surface area contributed by atoms with Crippen LogP contribution in [0.3, 0.4) is 0 Å². The van der Waals surface area contributed by atoms with Crippen molar-refractivity contribution in [2.45, 2.75) is 38.5 Å². The Labute approximate surface area is 173 Å². The van der Waals surface area contributed by atoms with Crippen molar-refractivity contribution in [1.82, 2.24) is 10.3 Å². The minimum absolute atomic E-state index is 0.0154. The zero-order valence-electron chi connectivity index (χ0n) is 17.0. The Morgan fingerprint density at radius 1 is 1.50 bits per heavy atom. The Hall–Kier alpha value is -2.56. The third kappa shape index (κ3) is 6.22. The van der Waals surface area contributed by atoms with E-state index in [4.69, 9.17) is 20.6 Å². The van der Waals surface area contributed by atoms with Gasteiger partial charge in [-0.05, 0) is 18.1 Å². The van der Waals surface area contributed by atoms with E-state index in [1.165, 1.54) is 12.3 Å². The predicted molar refractivity (Wildman–Crippen MR) is 106 cm³/mol. The minimum atomic E-state index is -1.41. The van der Waals surface area contributed by atoms with Gasteiger partial charge in [-0.25, -0.2) is 22.9 Å². The monoisotopic (exact) mass is 431 g/mol. The number of aromatic nitrogens is 1. The molecule has 1 fully saturated rings. The van der Waals surface area contributed by atoms with Crippen LogP contribution in [-0.4, -0.2) is 62.3 Å². The van der Waals surface area contributed by atoms with E-state index in [1.807, 2.05) is 5.32 Å². The van der Waals surface area contributed by atoms with Gasteiger partial charge in [0.25, 0.3) is 0 Å². The van der Waals surface area contributed by atoms with Crippen LogP contribution in [0.2, 0.25) is 0 Å². The summed E-state index contributed by atoms with van der Waals surface area (Å²) in [5, 5.41) is 8.93. The van der Waals surface area contributed by atoms with Gasteiger partial charge >= 0.3 is 6.09 Å². The zero-order chi connectivity index (χ0) is 22.3. The molecule has 30 heavy (non-hydrogen) atoms. The number of hydrogen-bond donors (Lipinski definition) is 3. The molecule has 3 atom stereocenters. The van der Waals surface area contributed by atoms with Crippen molar-refractivity contribution in [3.63, 3.8) is 0 Å². The highest BCUT2D eigenvalue weighted by Gasteiger charge is 2.32. The second-order valence-electron chi connectivity index (χ2n) is 7.20. The number of amides is 1. The fraction of sp³-hybridized carbons (Fsp3) is 0.632. The summed E-state index contributed by atoms with van der Waals surface area (Å²) in [4.78, 5) is 17.2. The first-order valence-corrected chi connectivity index (χ1v) is 9.76. The van der Waals surface area contributed by atoms with E-state index in [2.05, 4.69) is 4.98 Å². The standard InChI is InChI=1S/C19H28F3N5O3/c1-3-12(10-30-19(28)26-18(23)24)16(22)11(2)13-6-15(21)17(25-7-13)27-8-14(9-27)29-5-4-20/h6-7,11-12,14,16H,3-5,8-10H2,1-2H3,(H4,23,24,26,28). The number of guanidine groups is 1. The van der Waals surface area contributed by atoms with E-state index in [-0.39, 0.29) is 25.1 Å². The Balaban J connectivity index is 1.94. The molecule has 8 nitrogen and oxygen atoms in total. The van der Waals surface area contributed by atoms with Crippen molar-refractivity contribution in [1.29, 1.82) is 5.41 Å². The molecule has 1 aliphatic heterocycles.